The number of allylic oxidation sites excluding steroid dienone is 1. The summed E-state index contributed by atoms with van der Waals surface area (Å²) in [7, 11) is 0. The van der Waals surface area contributed by atoms with Gasteiger partial charge in [-0.2, -0.15) is 5.10 Å². The quantitative estimate of drug-likeness (QED) is 0.655. The molecule has 1 aliphatic rings. The monoisotopic (exact) mass is 259 g/mol. The fraction of sp³-hybridized carbons (Fsp3) is 0.600. The van der Waals surface area contributed by atoms with E-state index in [1.165, 1.54) is 31.2 Å². The summed E-state index contributed by atoms with van der Waals surface area (Å²) in [6.07, 6.45) is 7.16. The molecule has 1 aromatic rings. The number of nitrogens with zero attached hydrogens (tertiary/aromatic N) is 2. The molecule has 0 aliphatic heterocycles. The van der Waals surface area contributed by atoms with Gasteiger partial charge in [0.25, 0.3) is 0 Å². The van der Waals surface area contributed by atoms with Gasteiger partial charge in [-0.05, 0) is 31.3 Å². The summed E-state index contributed by atoms with van der Waals surface area (Å²) in [6, 6.07) is 0. The molecule has 0 radical (unpaired) electrons. The Morgan fingerprint density at radius 1 is 1.26 bits per heavy atom. The largest absolute Gasteiger partial charge is 0.293 e. The van der Waals surface area contributed by atoms with Crippen molar-refractivity contribution in [2.75, 3.05) is 0 Å². The maximum Gasteiger partial charge on any atom is 0.179 e. The molecule has 1 heterocycles. The lowest BCUT2D eigenvalue weighted by Crippen LogP contribution is -2.21. The Balaban J connectivity index is 2.46. The second kappa shape index (κ2) is 5.54. The lowest BCUT2D eigenvalue weighted by atomic mass is 9.85. The molecule has 1 aliphatic carbocycles. The second-order valence-corrected chi connectivity index (χ2v) is 6.08. The number of nitrogens with one attached hydrogen (secondary N) is 1. The molecule has 19 heavy (non-hydrogen) atoms. The minimum absolute atomic E-state index is 0.0577. The number of aromatic nitrogens is 3. The lowest BCUT2D eigenvalue weighted by Gasteiger charge is -2.17. The zero-order chi connectivity index (χ0) is 13.9. The molecule has 1 fully saturated rings. The fourth-order valence-corrected chi connectivity index (χ4v) is 2.20. The molecule has 0 bridgehead atoms. The summed E-state index contributed by atoms with van der Waals surface area (Å²) < 4.78 is 0. The molecule has 0 saturated heterocycles. The second-order valence-electron chi connectivity index (χ2n) is 6.08. The first-order valence-corrected chi connectivity index (χ1v) is 6.87. The van der Waals surface area contributed by atoms with Crippen molar-refractivity contribution >= 4 is 11.4 Å². The molecular formula is C15H21N3O. The summed E-state index contributed by atoms with van der Waals surface area (Å²) in [5.74, 6) is 0.584. The van der Waals surface area contributed by atoms with E-state index in [1.54, 1.807) is 0 Å². The van der Waals surface area contributed by atoms with Gasteiger partial charge < -0.3 is 0 Å². The molecule has 0 aromatic carbocycles. The Morgan fingerprint density at radius 2 is 1.95 bits per heavy atom. The van der Waals surface area contributed by atoms with Gasteiger partial charge in [-0.3, -0.25) is 9.89 Å². The number of carbonyl (C=O) groups excluding carboxylic acids is 1. The first kappa shape index (κ1) is 13.8. The van der Waals surface area contributed by atoms with E-state index in [2.05, 4.69) is 20.9 Å². The van der Waals surface area contributed by atoms with Crippen molar-refractivity contribution in [1.29, 1.82) is 0 Å². The van der Waals surface area contributed by atoms with E-state index in [0.717, 1.165) is 12.8 Å². The SMILES string of the molecule is CC(C)(C)C(=O)C(=C=C1CCCCC1)c1ncn[nH]1. The average Bonchev–Trinajstić information content (AvgIpc) is 2.89. The normalized spacial score (nSPS) is 16.1. The van der Waals surface area contributed by atoms with Crippen LogP contribution in [0.1, 0.15) is 58.7 Å². The third-order valence-electron chi connectivity index (χ3n) is 3.32. The smallest absolute Gasteiger partial charge is 0.179 e. The van der Waals surface area contributed by atoms with Gasteiger partial charge >= 0.3 is 0 Å². The molecule has 4 heteroatoms. The van der Waals surface area contributed by atoms with Crippen LogP contribution in [0.5, 0.6) is 0 Å². The van der Waals surface area contributed by atoms with E-state index in [9.17, 15) is 4.79 Å². The summed E-state index contributed by atoms with van der Waals surface area (Å²) in [4.78, 5) is 16.7. The van der Waals surface area contributed by atoms with Gasteiger partial charge in [0, 0.05) is 5.41 Å². The molecule has 0 unspecified atom stereocenters. The summed E-state index contributed by atoms with van der Waals surface area (Å²) >= 11 is 0. The molecule has 0 spiro atoms. The number of hydrogen-bond donors (Lipinski definition) is 1. The number of H-pyrrole nitrogens is 1. The summed E-state index contributed by atoms with van der Waals surface area (Å²) in [5.41, 5.74) is 4.65. The number of Topliss-reactive ketones (excluding diaryl/α,β-unsaturated/α-hetero) is 1. The van der Waals surface area contributed by atoms with Crippen LogP contribution in [0, 0.1) is 5.41 Å². The maximum atomic E-state index is 12.5. The van der Waals surface area contributed by atoms with Crippen LogP contribution >= 0.6 is 0 Å². The molecular weight excluding hydrogens is 238 g/mol. The zero-order valence-electron chi connectivity index (χ0n) is 11.9. The Hall–Kier alpha value is -1.67. The average molecular weight is 259 g/mol. The summed E-state index contributed by atoms with van der Waals surface area (Å²) in [6.45, 7) is 5.75. The van der Waals surface area contributed by atoms with Gasteiger partial charge in [-0.1, -0.05) is 27.2 Å². The lowest BCUT2D eigenvalue weighted by molar-refractivity contribution is -0.120. The van der Waals surface area contributed by atoms with Crippen LogP contribution in [0.4, 0.5) is 0 Å². The molecule has 102 valence electrons. The highest BCUT2D eigenvalue weighted by atomic mass is 16.1. The number of ketones is 1. The Morgan fingerprint density at radius 3 is 2.47 bits per heavy atom. The van der Waals surface area contributed by atoms with Crippen molar-refractivity contribution in [2.45, 2.75) is 52.9 Å². The standard InChI is InChI=1S/C15H21N3O/c1-15(2,3)13(19)12(14-16-10-17-18-14)9-11-7-5-4-6-8-11/h10H,4-8H2,1-3H3,(H,16,17,18). The van der Waals surface area contributed by atoms with Crippen LogP contribution in [0.3, 0.4) is 0 Å². The van der Waals surface area contributed by atoms with Crippen LogP contribution in [-0.4, -0.2) is 21.0 Å². The van der Waals surface area contributed by atoms with E-state index >= 15 is 0 Å². The van der Waals surface area contributed by atoms with E-state index < -0.39 is 5.41 Å². The van der Waals surface area contributed by atoms with Gasteiger partial charge in [0.1, 0.15) is 11.9 Å². The molecule has 4 nitrogen and oxygen atoms in total. The molecule has 1 aromatic heterocycles. The highest BCUT2D eigenvalue weighted by molar-refractivity contribution is 6.21. The van der Waals surface area contributed by atoms with Gasteiger partial charge in [0.2, 0.25) is 0 Å². The molecule has 1 saturated carbocycles. The highest BCUT2D eigenvalue weighted by Crippen LogP contribution is 2.27. The van der Waals surface area contributed by atoms with Crippen LogP contribution in [0.25, 0.3) is 5.57 Å². The van der Waals surface area contributed by atoms with E-state index in [1.807, 2.05) is 20.8 Å². The zero-order valence-corrected chi connectivity index (χ0v) is 11.9. The van der Waals surface area contributed by atoms with Crippen molar-refractivity contribution in [2.24, 2.45) is 5.41 Å². The highest BCUT2D eigenvalue weighted by Gasteiger charge is 2.27. The molecule has 0 atom stereocenters. The van der Waals surface area contributed by atoms with Crippen molar-refractivity contribution in [1.82, 2.24) is 15.2 Å². The van der Waals surface area contributed by atoms with Crippen LogP contribution in [0.2, 0.25) is 0 Å². The van der Waals surface area contributed by atoms with Crippen LogP contribution < -0.4 is 0 Å². The molecule has 0 amide bonds. The van der Waals surface area contributed by atoms with Crippen molar-refractivity contribution < 1.29 is 4.79 Å². The van der Waals surface area contributed by atoms with Crippen molar-refractivity contribution in [3.05, 3.63) is 23.5 Å². The fourth-order valence-electron chi connectivity index (χ4n) is 2.20. The first-order valence-electron chi connectivity index (χ1n) is 6.87. The minimum atomic E-state index is -0.440. The minimum Gasteiger partial charge on any atom is -0.293 e. The summed E-state index contributed by atoms with van der Waals surface area (Å²) in [5, 5.41) is 6.63. The molecule has 2 rings (SSSR count). The van der Waals surface area contributed by atoms with Crippen LogP contribution in [-0.2, 0) is 4.79 Å². The van der Waals surface area contributed by atoms with Gasteiger partial charge in [-0.15, -0.1) is 5.73 Å². The number of carbonyl (C=O) groups is 1. The van der Waals surface area contributed by atoms with Crippen molar-refractivity contribution in [3.63, 3.8) is 0 Å². The Labute approximate surface area is 114 Å². The van der Waals surface area contributed by atoms with E-state index in [4.69, 9.17) is 0 Å². The van der Waals surface area contributed by atoms with E-state index in [-0.39, 0.29) is 5.78 Å². The van der Waals surface area contributed by atoms with Gasteiger partial charge in [0.15, 0.2) is 11.6 Å². The van der Waals surface area contributed by atoms with Gasteiger partial charge in [-0.25, -0.2) is 4.98 Å². The van der Waals surface area contributed by atoms with Gasteiger partial charge in [0.05, 0.1) is 0 Å². The first-order chi connectivity index (χ1) is 8.98. The topological polar surface area (TPSA) is 58.6 Å². The van der Waals surface area contributed by atoms with Crippen molar-refractivity contribution in [3.8, 4) is 0 Å². The third kappa shape index (κ3) is 3.42. The maximum absolute atomic E-state index is 12.5. The van der Waals surface area contributed by atoms with Crippen LogP contribution in [0.15, 0.2) is 17.6 Å². The third-order valence-corrected chi connectivity index (χ3v) is 3.32. The number of rotatable bonds is 2. The predicted molar refractivity (Wildman–Crippen MR) is 74.4 cm³/mol. The number of aromatic amines is 1. The Bertz CT molecular complexity index is 506. The van der Waals surface area contributed by atoms with E-state index in [0.29, 0.717) is 11.4 Å². The molecule has 1 N–H and O–H groups in total. The number of hydrogen-bond acceptors (Lipinski definition) is 3. The predicted octanol–water partition coefficient (Wildman–Crippen LogP) is 3.29. The Kier molecular flexibility index (Phi) is 4.01.